The molecule has 0 atom stereocenters. The summed E-state index contributed by atoms with van der Waals surface area (Å²) >= 11 is 0. The lowest BCUT2D eigenvalue weighted by molar-refractivity contribution is 0.420. The molecule has 74 valence electrons. The molecule has 13 heavy (non-hydrogen) atoms. The molecule has 0 aliphatic carbocycles. The molecular formula is C10H17FN2. The van der Waals surface area contributed by atoms with Gasteiger partial charge in [0.2, 0.25) is 0 Å². The highest BCUT2D eigenvalue weighted by Crippen LogP contribution is 1.91. The first-order valence-electron chi connectivity index (χ1n) is 4.22. The first-order chi connectivity index (χ1) is 6.16. The highest BCUT2D eigenvalue weighted by Gasteiger charge is 1.79. The standard InChI is InChI=1S/C6H5F.C4H12N2/c7-6-4-2-1-3-5-6;1-6(2)4-3-5/h1-5H;3-5H2,1-2H3. The van der Waals surface area contributed by atoms with Crippen LogP contribution in [0, 0.1) is 5.82 Å². The van der Waals surface area contributed by atoms with Crippen LogP contribution in [0.15, 0.2) is 30.3 Å². The summed E-state index contributed by atoms with van der Waals surface area (Å²) in [6.07, 6.45) is 0. The van der Waals surface area contributed by atoms with E-state index in [9.17, 15) is 4.39 Å². The highest BCUT2D eigenvalue weighted by molar-refractivity contribution is 5.02. The van der Waals surface area contributed by atoms with E-state index in [2.05, 4.69) is 4.90 Å². The van der Waals surface area contributed by atoms with Crippen molar-refractivity contribution < 1.29 is 4.39 Å². The van der Waals surface area contributed by atoms with E-state index in [1.165, 1.54) is 12.1 Å². The molecule has 0 bridgehead atoms. The number of rotatable bonds is 2. The van der Waals surface area contributed by atoms with E-state index in [0.29, 0.717) is 0 Å². The van der Waals surface area contributed by atoms with Crippen molar-refractivity contribution in [3.05, 3.63) is 36.1 Å². The Kier molecular flexibility index (Phi) is 7.15. The minimum Gasteiger partial charge on any atom is -0.329 e. The normalized spacial score (nSPS) is 9.31. The number of halogens is 1. The fourth-order valence-corrected chi connectivity index (χ4v) is 0.673. The third kappa shape index (κ3) is 8.98. The molecule has 2 nitrogen and oxygen atoms in total. The summed E-state index contributed by atoms with van der Waals surface area (Å²) in [5.41, 5.74) is 5.19. The maximum Gasteiger partial charge on any atom is 0.123 e. The Labute approximate surface area is 79.2 Å². The molecule has 2 N–H and O–H groups in total. The van der Waals surface area contributed by atoms with E-state index in [4.69, 9.17) is 5.73 Å². The van der Waals surface area contributed by atoms with E-state index in [1.54, 1.807) is 18.2 Å². The Morgan fingerprint density at radius 1 is 1.23 bits per heavy atom. The van der Waals surface area contributed by atoms with Gasteiger partial charge in [-0.1, -0.05) is 18.2 Å². The van der Waals surface area contributed by atoms with Crippen LogP contribution in [-0.2, 0) is 0 Å². The van der Waals surface area contributed by atoms with Crippen molar-refractivity contribution in [3.8, 4) is 0 Å². The second-order valence-electron chi connectivity index (χ2n) is 2.89. The van der Waals surface area contributed by atoms with Gasteiger partial charge in [-0.2, -0.15) is 0 Å². The van der Waals surface area contributed by atoms with E-state index >= 15 is 0 Å². The largest absolute Gasteiger partial charge is 0.329 e. The summed E-state index contributed by atoms with van der Waals surface area (Å²) in [5.74, 6) is -0.178. The monoisotopic (exact) mass is 184 g/mol. The maximum absolute atomic E-state index is 11.9. The summed E-state index contributed by atoms with van der Waals surface area (Å²) in [5, 5.41) is 0. The average molecular weight is 184 g/mol. The topological polar surface area (TPSA) is 29.3 Å². The fourth-order valence-electron chi connectivity index (χ4n) is 0.673. The molecule has 0 fully saturated rings. The molecule has 1 aromatic rings. The molecule has 0 saturated carbocycles. The molecule has 0 aromatic heterocycles. The van der Waals surface area contributed by atoms with E-state index in [0.717, 1.165) is 13.1 Å². The smallest absolute Gasteiger partial charge is 0.123 e. The minimum atomic E-state index is -0.178. The van der Waals surface area contributed by atoms with Crippen LogP contribution >= 0.6 is 0 Å². The van der Waals surface area contributed by atoms with Crippen molar-refractivity contribution in [1.29, 1.82) is 0 Å². The number of nitrogens with zero attached hydrogens (tertiary/aromatic N) is 1. The molecule has 0 heterocycles. The first-order valence-corrected chi connectivity index (χ1v) is 4.22. The molecule has 1 aromatic carbocycles. The van der Waals surface area contributed by atoms with Crippen molar-refractivity contribution in [2.24, 2.45) is 5.73 Å². The lowest BCUT2D eigenvalue weighted by Gasteiger charge is -2.03. The van der Waals surface area contributed by atoms with Crippen molar-refractivity contribution >= 4 is 0 Å². The Morgan fingerprint density at radius 2 is 1.77 bits per heavy atom. The molecule has 3 heteroatoms. The first kappa shape index (κ1) is 12.1. The molecular weight excluding hydrogens is 167 g/mol. The third-order valence-corrected chi connectivity index (χ3v) is 1.31. The van der Waals surface area contributed by atoms with Crippen molar-refractivity contribution in [2.45, 2.75) is 0 Å². The van der Waals surface area contributed by atoms with Gasteiger partial charge in [0.1, 0.15) is 5.82 Å². The van der Waals surface area contributed by atoms with Gasteiger partial charge in [-0.3, -0.25) is 0 Å². The molecule has 1 rings (SSSR count). The lowest BCUT2D eigenvalue weighted by atomic mass is 10.4. The second kappa shape index (κ2) is 7.71. The SMILES string of the molecule is CN(C)CCN.Fc1ccccc1. The predicted octanol–water partition coefficient (Wildman–Crippen LogP) is 1.33. The summed E-state index contributed by atoms with van der Waals surface area (Å²) in [6, 6.07) is 7.94. The lowest BCUT2D eigenvalue weighted by Crippen LogP contribution is -2.20. The summed E-state index contributed by atoms with van der Waals surface area (Å²) in [4.78, 5) is 2.06. The Balaban J connectivity index is 0.000000226. The van der Waals surface area contributed by atoms with Crippen molar-refractivity contribution in [1.82, 2.24) is 4.90 Å². The van der Waals surface area contributed by atoms with Crippen LogP contribution in [0.4, 0.5) is 4.39 Å². The van der Waals surface area contributed by atoms with E-state index < -0.39 is 0 Å². The molecule has 0 saturated heterocycles. The van der Waals surface area contributed by atoms with Crippen molar-refractivity contribution in [2.75, 3.05) is 27.2 Å². The molecule has 0 amide bonds. The van der Waals surface area contributed by atoms with Crippen LogP contribution in [0.2, 0.25) is 0 Å². The quantitative estimate of drug-likeness (QED) is 0.751. The summed E-state index contributed by atoms with van der Waals surface area (Å²) in [6.45, 7) is 1.74. The van der Waals surface area contributed by atoms with Gasteiger partial charge in [0.25, 0.3) is 0 Å². The van der Waals surface area contributed by atoms with Gasteiger partial charge >= 0.3 is 0 Å². The van der Waals surface area contributed by atoms with Gasteiger partial charge in [-0.25, -0.2) is 4.39 Å². The van der Waals surface area contributed by atoms with Crippen LogP contribution in [0.3, 0.4) is 0 Å². The fraction of sp³-hybridized carbons (Fsp3) is 0.400. The summed E-state index contributed by atoms with van der Waals surface area (Å²) in [7, 11) is 4.01. The zero-order valence-electron chi connectivity index (χ0n) is 8.20. The number of benzene rings is 1. The zero-order chi connectivity index (χ0) is 10.1. The van der Waals surface area contributed by atoms with Crippen LogP contribution in [0.5, 0.6) is 0 Å². The Bertz CT molecular complexity index is 199. The maximum atomic E-state index is 11.9. The second-order valence-corrected chi connectivity index (χ2v) is 2.89. The average Bonchev–Trinajstić information content (AvgIpc) is 2.06. The third-order valence-electron chi connectivity index (χ3n) is 1.31. The number of likely N-dealkylation sites (N-methyl/N-ethyl adjacent to an activating group) is 1. The minimum absolute atomic E-state index is 0.178. The van der Waals surface area contributed by atoms with Crippen LogP contribution in [0.1, 0.15) is 0 Å². The molecule has 0 unspecified atom stereocenters. The number of nitrogens with two attached hydrogens (primary N) is 1. The van der Waals surface area contributed by atoms with Gasteiger partial charge in [-0.15, -0.1) is 0 Å². The molecule has 0 aliphatic rings. The van der Waals surface area contributed by atoms with E-state index in [1.807, 2.05) is 14.1 Å². The van der Waals surface area contributed by atoms with Crippen LogP contribution < -0.4 is 5.73 Å². The number of hydrogen-bond donors (Lipinski definition) is 1. The zero-order valence-corrected chi connectivity index (χ0v) is 8.20. The molecule has 0 aliphatic heterocycles. The molecule has 0 spiro atoms. The van der Waals surface area contributed by atoms with Gasteiger partial charge in [-0.05, 0) is 26.2 Å². The van der Waals surface area contributed by atoms with Gasteiger partial charge in [0, 0.05) is 13.1 Å². The van der Waals surface area contributed by atoms with Gasteiger partial charge in [0.05, 0.1) is 0 Å². The van der Waals surface area contributed by atoms with Gasteiger partial charge < -0.3 is 10.6 Å². The van der Waals surface area contributed by atoms with Crippen LogP contribution in [-0.4, -0.2) is 32.1 Å². The van der Waals surface area contributed by atoms with Crippen molar-refractivity contribution in [3.63, 3.8) is 0 Å². The van der Waals surface area contributed by atoms with Gasteiger partial charge in [0.15, 0.2) is 0 Å². The Hall–Kier alpha value is -0.930. The summed E-state index contributed by atoms with van der Waals surface area (Å²) < 4.78 is 11.9. The highest BCUT2D eigenvalue weighted by atomic mass is 19.1. The van der Waals surface area contributed by atoms with Crippen LogP contribution in [0.25, 0.3) is 0 Å². The van der Waals surface area contributed by atoms with E-state index in [-0.39, 0.29) is 5.82 Å². The predicted molar refractivity (Wildman–Crippen MR) is 54.0 cm³/mol. The molecule has 0 radical (unpaired) electrons. The number of hydrogen-bond acceptors (Lipinski definition) is 2. The Morgan fingerprint density at radius 3 is 1.92 bits per heavy atom.